The van der Waals surface area contributed by atoms with E-state index < -0.39 is 0 Å². The molecule has 1 atom stereocenters. The summed E-state index contributed by atoms with van der Waals surface area (Å²) >= 11 is 0. The topological polar surface area (TPSA) is 20.6 Å². The van der Waals surface area contributed by atoms with Crippen LogP contribution in [0.1, 0.15) is 12.8 Å². The van der Waals surface area contributed by atoms with Gasteiger partial charge in [0.05, 0.1) is 0 Å². The Morgan fingerprint density at radius 3 is 2.17 bits per heavy atom. The summed E-state index contributed by atoms with van der Waals surface area (Å²) in [5, 5.41) is 0. The van der Waals surface area contributed by atoms with E-state index in [1.165, 1.54) is 24.0 Å². The van der Waals surface area contributed by atoms with E-state index in [0.717, 1.165) is 12.2 Å². The Morgan fingerprint density at radius 2 is 1.54 bits per heavy atom. The number of aromatic nitrogens is 3. The molecule has 0 aromatic carbocycles. The Labute approximate surface area is 142 Å². The number of hydrogen-bond donors (Lipinski definition) is 0. The van der Waals surface area contributed by atoms with Crippen LogP contribution in [0.25, 0.3) is 16.8 Å². The van der Waals surface area contributed by atoms with Crippen LogP contribution in [0, 0.1) is 5.92 Å². The van der Waals surface area contributed by atoms with Crippen molar-refractivity contribution < 1.29 is 9.13 Å². The van der Waals surface area contributed by atoms with Gasteiger partial charge in [-0.1, -0.05) is 12.2 Å². The van der Waals surface area contributed by atoms with Crippen molar-refractivity contribution in [2.24, 2.45) is 5.92 Å². The maximum Gasteiger partial charge on any atom is 0.213 e. The summed E-state index contributed by atoms with van der Waals surface area (Å²) in [6.07, 6.45) is 19.3. The van der Waals surface area contributed by atoms with E-state index in [9.17, 15) is 0 Å². The minimum absolute atomic E-state index is 0.692. The lowest BCUT2D eigenvalue weighted by atomic mass is 10.1. The quantitative estimate of drug-likeness (QED) is 0.534. The molecule has 0 spiro atoms. The number of rotatable bonds is 4. The summed E-state index contributed by atoms with van der Waals surface area (Å²) in [6, 6.07) is 12.7. The van der Waals surface area contributed by atoms with Gasteiger partial charge in [0.1, 0.15) is 0 Å². The highest BCUT2D eigenvalue weighted by Crippen LogP contribution is 2.18. The molecule has 4 rings (SSSR count). The second-order valence-electron chi connectivity index (χ2n) is 6.25. The van der Waals surface area contributed by atoms with Gasteiger partial charge in [0.25, 0.3) is 0 Å². The zero-order chi connectivity index (χ0) is 16.2. The van der Waals surface area contributed by atoms with Crippen LogP contribution < -0.4 is 9.13 Å². The van der Waals surface area contributed by atoms with Crippen LogP contribution in [0.4, 0.5) is 0 Å². The Kier molecular flexibility index (Phi) is 4.15. The molecular weight excluding hydrogens is 294 g/mol. The lowest BCUT2D eigenvalue weighted by molar-refractivity contribution is -0.701. The average molecular weight is 315 g/mol. The van der Waals surface area contributed by atoms with Crippen molar-refractivity contribution in [2.45, 2.75) is 19.4 Å². The molecule has 0 aliphatic heterocycles. The fraction of sp³-hybridized carbons (Fsp3) is 0.190. The van der Waals surface area contributed by atoms with E-state index in [4.69, 9.17) is 0 Å². The molecule has 1 aliphatic carbocycles. The van der Waals surface area contributed by atoms with Crippen LogP contribution in [0.3, 0.4) is 0 Å². The fourth-order valence-corrected chi connectivity index (χ4v) is 3.20. The van der Waals surface area contributed by atoms with E-state index >= 15 is 0 Å². The van der Waals surface area contributed by atoms with E-state index in [-0.39, 0.29) is 0 Å². The third-order valence-corrected chi connectivity index (χ3v) is 4.57. The van der Waals surface area contributed by atoms with Crippen molar-refractivity contribution in [3.63, 3.8) is 0 Å². The summed E-state index contributed by atoms with van der Waals surface area (Å²) < 4.78 is 4.38. The van der Waals surface area contributed by atoms with Crippen molar-refractivity contribution in [2.75, 3.05) is 0 Å². The summed E-state index contributed by atoms with van der Waals surface area (Å²) in [5.41, 5.74) is 3.59. The standard InChI is InChI=1S/C21H21N3/c1-2-4-18(3-1)17-23-13-7-19(8-14-23)20-9-15-24(16-10-20)21-5-11-22-12-6-21/h1,3,5-16,18H,2,4,17H2/q+2/t18-/m1/s1. The third-order valence-electron chi connectivity index (χ3n) is 4.57. The Balaban J connectivity index is 1.50. The van der Waals surface area contributed by atoms with Gasteiger partial charge in [-0.15, -0.1) is 0 Å². The second kappa shape index (κ2) is 6.75. The molecule has 24 heavy (non-hydrogen) atoms. The van der Waals surface area contributed by atoms with Gasteiger partial charge >= 0.3 is 0 Å². The van der Waals surface area contributed by atoms with E-state index in [1.807, 2.05) is 24.5 Å². The monoisotopic (exact) mass is 315 g/mol. The highest BCUT2D eigenvalue weighted by atomic mass is 14.9. The van der Waals surface area contributed by atoms with Crippen molar-refractivity contribution >= 4 is 0 Å². The largest absolute Gasteiger partial charge is 0.264 e. The Hall–Kier alpha value is -2.81. The predicted octanol–water partition coefficient (Wildman–Crippen LogP) is 3.28. The summed E-state index contributed by atoms with van der Waals surface area (Å²) in [5.74, 6) is 0.692. The molecule has 1 aliphatic rings. The van der Waals surface area contributed by atoms with Crippen LogP contribution in [0.2, 0.25) is 0 Å². The first-order valence-electron chi connectivity index (χ1n) is 8.46. The van der Waals surface area contributed by atoms with Gasteiger partial charge in [-0.05, 0) is 24.0 Å². The van der Waals surface area contributed by atoms with Crippen LogP contribution in [-0.2, 0) is 6.54 Å². The van der Waals surface area contributed by atoms with E-state index in [1.54, 1.807) is 0 Å². The van der Waals surface area contributed by atoms with E-state index in [0.29, 0.717) is 5.92 Å². The first kappa shape index (κ1) is 14.8. The van der Waals surface area contributed by atoms with Gasteiger partial charge in [-0.25, -0.2) is 4.57 Å². The van der Waals surface area contributed by atoms with Crippen LogP contribution in [0.5, 0.6) is 0 Å². The molecular formula is C21H21N3+2. The molecule has 0 saturated heterocycles. The molecule has 3 aromatic heterocycles. The molecule has 3 heteroatoms. The number of allylic oxidation sites excluding steroid dienone is 2. The average Bonchev–Trinajstić information content (AvgIpc) is 3.16. The Bertz CT molecular complexity index is 821. The minimum Gasteiger partial charge on any atom is -0.264 e. The fourth-order valence-electron chi connectivity index (χ4n) is 3.20. The normalized spacial score (nSPS) is 16.4. The molecule has 0 fully saturated rings. The summed E-state index contributed by atoms with van der Waals surface area (Å²) in [6.45, 7) is 1.08. The van der Waals surface area contributed by atoms with Crippen LogP contribution >= 0.6 is 0 Å². The van der Waals surface area contributed by atoms with Crippen molar-refractivity contribution in [1.29, 1.82) is 0 Å². The molecule has 0 radical (unpaired) electrons. The number of hydrogen-bond acceptors (Lipinski definition) is 1. The first-order valence-corrected chi connectivity index (χ1v) is 8.46. The van der Waals surface area contributed by atoms with Gasteiger partial charge in [0.15, 0.2) is 31.3 Å². The van der Waals surface area contributed by atoms with Gasteiger partial charge in [-0.2, -0.15) is 4.57 Å². The highest BCUT2D eigenvalue weighted by molar-refractivity contribution is 5.61. The van der Waals surface area contributed by atoms with Crippen molar-refractivity contribution in [1.82, 2.24) is 4.98 Å². The predicted molar refractivity (Wildman–Crippen MR) is 93.3 cm³/mol. The van der Waals surface area contributed by atoms with Crippen molar-refractivity contribution in [3.8, 4) is 16.8 Å². The zero-order valence-corrected chi connectivity index (χ0v) is 13.6. The molecule has 118 valence electrons. The van der Waals surface area contributed by atoms with Crippen LogP contribution in [0.15, 0.2) is 85.7 Å². The van der Waals surface area contributed by atoms with Crippen LogP contribution in [-0.4, -0.2) is 4.98 Å². The highest BCUT2D eigenvalue weighted by Gasteiger charge is 2.14. The molecule has 0 N–H and O–H groups in total. The third kappa shape index (κ3) is 3.25. The zero-order valence-electron chi connectivity index (χ0n) is 13.6. The van der Waals surface area contributed by atoms with Gasteiger partial charge in [0, 0.05) is 54.7 Å². The second-order valence-corrected chi connectivity index (χ2v) is 6.25. The lowest BCUT2D eigenvalue weighted by Crippen LogP contribution is -2.35. The number of nitrogens with zero attached hydrogens (tertiary/aromatic N) is 3. The summed E-state index contributed by atoms with van der Waals surface area (Å²) in [4.78, 5) is 4.06. The Morgan fingerprint density at radius 1 is 0.875 bits per heavy atom. The van der Waals surface area contributed by atoms with Gasteiger partial charge in [0.2, 0.25) is 5.69 Å². The molecule has 3 nitrogen and oxygen atoms in total. The molecule has 0 bridgehead atoms. The van der Waals surface area contributed by atoms with Gasteiger partial charge in [-0.3, -0.25) is 4.98 Å². The lowest BCUT2D eigenvalue weighted by Gasteiger charge is -2.04. The maximum absolute atomic E-state index is 4.06. The molecule has 0 amide bonds. The molecule has 0 unspecified atom stereocenters. The molecule has 0 saturated carbocycles. The maximum atomic E-state index is 4.06. The minimum atomic E-state index is 0.692. The van der Waals surface area contributed by atoms with Gasteiger partial charge < -0.3 is 0 Å². The van der Waals surface area contributed by atoms with E-state index in [2.05, 4.69) is 75.3 Å². The molecule has 3 aromatic rings. The van der Waals surface area contributed by atoms with Crippen molar-refractivity contribution in [3.05, 3.63) is 85.7 Å². The smallest absolute Gasteiger partial charge is 0.213 e. The number of pyridine rings is 3. The first-order chi connectivity index (χ1) is 11.9. The summed E-state index contributed by atoms with van der Waals surface area (Å²) in [7, 11) is 0. The SMILES string of the molecule is C1=C[C@@H](C[n+]2ccc(-c3cc[n+](-c4ccncc4)cc3)cc2)CC1. The molecule has 3 heterocycles.